The van der Waals surface area contributed by atoms with Crippen molar-refractivity contribution < 1.29 is 14.7 Å². The summed E-state index contributed by atoms with van der Waals surface area (Å²) in [5, 5.41) is 11.7. The van der Waals surface area contributed by atoms with E-state index in [-0.39, 0.29) is 6.42 Å². The Morgan fingerprint density at radius 1 is 1.21 bits per heavy atom. The van der Waals surface area contributed by atoms with Crippen molar-refractivity contribution in [3.8, 4) is 11.8 Å². The van der Waals surface area contributed by atoms with Gasteiger partial charge in [-0.3, -0.25) is 4.79 Å². The van der Waals surface area contributed by atoms with Crippen LogP contribution in [0.5, 0.6) is 0 Å². The van der Waals surface area contributed by atoms with Crippen molar-refractivity contribution in [2.45, 2.75) is 51.5 Å². The van der Waals surface area contributed by atoms with Crippen molar-refractivity contribution in [3.05, 3.63) is 48.0 Å². The fourth-order valence-electron chi connectivity index (χ4n) is 2.18. The summed E-state index contributed by atoms with van der Waals surface area (Å²) in [6, 6.07) is 8.21. The maximum Gasteiger partial charge on any atom is 0.326 e. The Morgan fingerprint density at radius 3 is 2.62 bits per heavy atom. The standard InChI is InChI=1S/C20H25NO3/c1-2-3-4-5-6-7-8-12-15-19(22)21-18(20(23)24)16-17-13-10-9-11-14-17/h7-11,13-14,18H,2-6,16H2,1H3,(H,21,22)(H,23,24)/t18-/m0/s1. The number of carboxylic acid groups (broad SMARTS) is 1. The Balaban J connectivity index is 2.42. The maximum atomic E-state index is 11.7. The molecule has 0 aromatic heterocycles. The highest BCUT2D eigenvalue weighted by Gasteiger charge is 2.19. The van der Waals surface area contributed by atoms with Crippen LogP contribution in [0.25, 0.3) is 0 Å². The minimum Gasteiger partial charge on any atom is -0.480 e. The molecule has 0 spiro atoms. The lowest BCUT2D eigenvalue weighted by atomic mass is 10.1. The molecule has 0 radical (unpaired) electrons. The fraction of sp³-hybridized carbons (Fsp3) is 0.400. The number of hydrogen-bond acceptors (Lipinski definition) is 2. The highest BCUT2D eigenvalue weighted by atomic mass is 16.4. The topological polar surface area (TPSA) is 66.4 Å². The minimum atomic E-state index is -1.07. The van der Waals surface area contributed by atoms with Crippen molar-refractivity contribution in [1.82, 2.24) is 5.32 Å². The predicted molar refractivity (Wildman–Crippen MR) is 95.4 cm³/mol. The van der Waals surface area contributed by atoms with Crippen LogP contribution in [-0.2, 0) is 16.0 Å². The third-order valence-electron chi connectivity index (χ3n) is 3.50. The Labute approximate surface area is 144 Å². The number of hydrogen-bond donors (Lipinski definition) is 2. The van der Waals surface area contributed by atoms with Gasteiger partial charge >= 0.3 is 5.97 Å². The van der Waals surface area contributed by atoms with Gasteiger partial charge in [-0.05, 0) is 30.4 Å². The molecule has 4 nitrogen and oxygen atoms in total. The molecule has 0 aliphatic heterocycles. The summed E-state index contributed by atoms with van der Waals surface area (Å²) in [5.41, 5.74) is 0.852. The number of carboxylic acids is 1. The number of nitrogens with one attached hydrogen (secondary N) is 1. The molecule has 0 saturated carbocycles. The summed E-state index contributed by atoms with van der Waals surface area (Å²) in [7, 11) is 0. The first kappa shape index (κ1) is 19.5. The first-order valence-electron chi connectivity index (χ1n) is 8.37. The van der Waals surface area contributed by atoms with Crippen molar-refractivity contribution in [2.24, 2.45) is 0 Å². The lowest BCUT2D eigenvalue weighted by molar-refractivity contribution is -0.141. The first-order valence-corrected chi connectivity index (χ1v) is 8.37. The molecule has 0 unspecified atom stereocenters. The molecule has 1 rings (SSSR count). The summed E-state index contributed by atoms with van der Waals surface area (Å²) >= 11 is 0. The van der Waals surface area contributed by atoms with Crippen LogP contribution in [-0.4, -0.2) is 23.0 Å². The number of allylic oxidation sites excluding steroid dienone is 2. The quantitative estimate of drug-likeness (QED) is 0.540. The van der Waals surface area contributed by atoms with E-state index in [1.54, 1.807) is 6.08 Å². The number of rotatable bonds is 9. The molecule has 128 valence electrons. The van der Waals surface area contributed by atoms with Gasteiger partial charge in [0.2, 0.25) is 0 Å². The molecule has 1 aromatic carbocycles. The molecule has 1 aromatic rings. The normalized spacial score (nSPS) is 11.5. The Morgan fingerprint density at radius 2 is 1.96 bits per heavy atom. The number of unbranched alkanes of at least 4 members (excludes halogenated alkanes) is 4. The lowest BCUT2D eigenvalue weighted by Gasteiger charge is -2.12. The maximum absolute atomic E-state index is 11.7. The highest BCUT2D eigenvalue weighted by molar-refractivity contribution is 5.96. The Hall–Kier alpha value is -2.54. The summed E-state index contributed by atoms with van der Waals surface area (Å²) in [6.45, 7) is 2.17. The number of benzene rings is 1. The smallest absolute Gasteiger partial charge is 0.326 e. The zero-order valence-electron chi connectivity index (χ0n) is 14.1. The average Bonchev–Trinajstić information content (AvgIpc) is 2.57. The highest BCUT2D eigenvalue weighted by Crippen LogP contribution is 2.04. The van der Waals surface area contributed by atoms with Crippen LogP contribution >= 0.6 is 0 Å². The molecule has 24 heavy (non-hydrogen) atoms. The van der Waals surface area contributed by atoms with E-state index in [1.807, 2.05) is 36.4 Å². The van der Waals surface area contributed by atoms with Gasteiger partial charge in [-0.1, -0.05) is 68.5 Å². The van der Waals surface area contributed by atoms with Gasteiger partial charge in [-0.15, -0.1) is 0 Å². The van der Waals surface area contributed by atoms with Gasteiger partial charge in [0.1, 0.15) is 6.04 Å². The Bertz CT molecular complexity index is 596. The van der Waals surface area contributed by atoms with E-state index in [1.165, 1.54) is 19.3 Å². The summed E-state index contributed by atoms with van der Waals surface area (Å²) in [6.07, 6.45) is 9.54. The third-order valence-corrected chi connectivity index (χ3v) is 3.50. The molecule has 0 aliphatic rings. The average molecular weight is 327 g/mol. The Kier molecular flexibility index (Phi) is 9.72. The number of carbonyl (C=O) groups is 2. The molecule has 0 heterocycles. The lowest BCUT2D eigenvalue weighted by Crippen LogP contribution is -2.41. The third kappa shape index (κ3) is 8.79. The van der Waals surface area contributed by atoms with Crippen LogP contribution < -0.4 is 5.32 Å². The summed E-state index contributed by atoms with van der Waals surface area (Å²) in [4.78, 5) is 23.0. The SMILES string of the molecule is CCCCCCC=CC#CC(=O)N[C@@H](Cc1ccccc1)C(=O)O. The van der Waals surface area contributed by atoms with Crippen molar-refractivity contribution in [1.29, 1.82) is 0 Å². The van der Waals surface area contributed by atoms with E-state index < -0.39 is 17.9 Å². The monoisotopic (exact) mass is 327 g/mol. The van der Waals surface area contributed by atoms with Crippen LogP contribution in [0.2, 0.25) is 0 Å². The van der Waals surface area contributed by atoms with Crippen LogP contribution in [0.1, 0.15) is 44.6 Å². The first-order chi connectivity index (χ1) is 11.6. The molecule has 0 aliphatic carbocycles. The van der Waals surface area contributed by atoms with Crippen molar-refractivity contribution >= 4 is 11.9 Å². The van der Waals surface area contributed by atoms with E-state index in [0.29, 0.717) is 0 Å². The number of carbonyl (C=O) groups excluding carboxylic acids is 1. The van der Waals surface area contributed by atoms with Gasteiger partial charge in [-0.2, -0.15) is 0 Å². The molecule has 0 saturated heterocycles. The molecule has 1 amide bonds. The molecule has 1 atom stereocenters. The molecule has 4 heteroatoms. The summed E-state index contributed by atoms with van der Waals surface area (Å²) in [5.74, 6) is 3.41. The predicted octanol–water partition coefficient (Wildman–Crippen LogP) is 3.33. The zero-order chi connectivity index (χ0) is 17.6. The van der Waals surface area contributed by atoms with Gasteiger partial charge in [-0.25, -0.2) is 4.79 Å². The number of amides is 1. The molecule has 0 fully saturated rings. The fourth-order valence-corrected chi connectivity index (χ4v) is 2.18. The molecule has 0 bridgehead atoms. The van der Waals surface area contributed by atoms with Crippen LogP contribution in [0, 0.1) is 11.8 Å². The van der Waals surface area contributed by atoms with Crippen molar-refractivity contribution in [2.75, 3.05) is 0 Å². The minimum absolute atomic E-state index is 0.233. The summed E-state index contributed by atoms with van der Waals surface area (Å²) < 4.78 is 0. The zero-order valence-corrected chi connectivity index (χ0v) is 14.1. The number of aliphatic carboxylic acids is 1. The second-order valence-electron chi connectivity index (χ2n) is 5.58. The van der Waals surface area contributed by atoms with E-state index in [0.717, 1.165) is 18.4 Å². The van der Waals surface area contributed by atoms with E-state index in [9.17, 15) is 14.7 Å². The van der Waals surface area contributed by atoms with E-state index in [4.69, 9.17) is 0 Å². The second-order valence-corrected chi connectivity index (χ2v) is 5.58. The second kappa shape index (κ2) is 12.0. The molecular formula is C20H25NO3. The molecule has 2 N–H and O–H groups in total. The van der Waals surface area contributed by atoms with Crippen LogP contribution in [0.15, 0.2) is 42.5 Å². The van der Waals surface area contributed by atoms with Gasteiger partial charge in [0, 0.05) is 6.42 Å². The molecular weight excluding hydrogens is 302 g/mol. The van der Waals surface area contributed by atoms with E-state index in [2.05, 4.69) is 24.1 Å². The van der Waals surface area contributed by atoms with E-state index >= 15 is 0 Å². The van der Waals surface area contributed by atoms with Crippen LogP contribution in [0.4, 0.5) is 0 Å². The van der Waals surface area contributed by atoms with Gasteiger partial charge < -0.3 is 10.4 Å². The van der Waals surface area contributed by atoms with Gasteiger partial charge in [0.05, 0.1) is 0 Å². The van der Waals surface area contributed by atoms with Gasteiger partial charge in [0.15, 0.2) is 0 Å². The van der Waals surface area contributed by atoms with Crippen molar-refractivity contribution in [3.63, 3.8) is 0 Å². The largest absolute Gasteiger partial charge is 0.480 e. The van der Waals surface area contributed by atoms with Crippen LogP contribution in [0.3, 0.4) is 0 Å². The van der Waals surface area contributed by atoms with Gasteiger partial charge in [0.25, 0.3) is 5.91 Å².